The second-order valence-electron chi connectivity index (χ2n) is 5.14. The topological polar surface area (TPSA) is 89.6 Å². The molecule has 0 bridgehead atoms. The zero-order valence-corrected chi connectivity index (χ0v) is 13.9. The molecule has 0 radical (unpaired) electrons. The van der Waals surface area contributed by atoms with Crippen molar-refractivity contribution in [2.75, 3.05) is 6.61 Å². The van der Waals surface area contributed by atoms with Crippen molar-refractivity contribution in [3.05, 3.63) is 60.2 Å². The number of hydrogen-bond donors (Lipinski definition) is 2. The van der Waals surface area contributed by atoms with Crippen molar-refractivity contribution in [3.8, 4) is 11.1 Å². The standard InChI is InChI=1S/C17H19NO2.C2H4O2/c1-2-20-17(19)16(18)12-13-8-10-15(11-9-13)14-6-4-3-5-7-14;1-2(3)4/h3-11,16H,2,12,18H2,1H3;1H3,(H,3,4). The van der Waals surface area contributed by atoms with Crippen LogP contribution in [0.1, 0.15) is 19.4 Å². The highest BCUT2D eigenvalue weighted by Gasteiger charge is 2.14. The van der Waals surface area contributed by atoms with Gasteiger partial charge in [0.25, 0.3) is 5.97 Å². The van der Waals surface area contributed by atoms with Gasteiger partial charge in [-0.15, -0.1) is 0 Å². The number of carboxylic acid groups (broad SMARTS) is 1. The number of carbonyl (C=O) groups is 2. The number of carboxylic acids is 1. The summed E-state index contributed by atoms with van der Waals surface area (Å²) in [5, 5.41) is 7.42. The monoisotopic (exact) mass is 329 g/mol. The van der Waals surface area contributed by atoms with E-state index < -0.39 is 12.0 Å². The molecule has 1 unspecified atom stereocenters. The molecule has 0 amide bonds. The second-order valence-corrected chi connectivity index (χ2v) is 5.14. The van der Waals surface area contributed by atoms with Crippen molar-refractivity contribution in [1.29, 1.82) is 0 Å². The van der Waals surface area contributed by atoms with Crippen LogP contribution in [-0.2, 0) is 20.7 Å². The number of esters is 1. The molecule has 2 aromatic carbocycles. The van der Waals surface area contributed by atoms with Crippen molar-refractivity contribution >= 4 is 11.9 Å². The molecule has 0 aliphatic heterocycles. The number of hydrogen-bond acceptors (Lipinski definition) is 4. The molecule has 0 heterocycles. The lowest BCUT2D eigenvalue weighted by Crippen LogP contribution is -2.34. The zero-order chi connectivity index (χ0) is 17.9. The predicted molar refractivity (Wildman–Crippen MR) is 93.5 cm³/mol. The van der Waals surface area contributed by atoms with Crippen LogP contribution in [0.2, 0.25) is 0 Å². The van der Waals surface area contributed by atoms with Gasteiger partial charge in [0, 0.05) is 6.92 Å². The first kappa shape index (κ1) is 19.4. The molecular formula is C19H23NO4. The van der Waals surface area contributed by atoms with Crippen LogP contribution in [0.4, 0.5) is 0 Å². The van der Waals surface area contributed by atoms with E-state index in [9.17, 15) is 4.79 Å². The lowest BCUT2D eigenvalue weighted by molar-refractivity contribution is -0.144. The fourth-order valence-corrected chi connectivity index (χ4v) is 2.05. The Morgan fingerprint density at radius 1 is 1.04 bits per heavy atom. The van der Waals surface area contributed by atoms with Gasteiger partial charge in [0.15, 0.2) is 0 Å². The summed E-state index contributed by atoms with van der Waals surface area (Å²) in [5.41, 5.74) is 9.17. The molecular weight excluding hydrogens is 306 g/mol. The van der Waals surface area contributed by atoms with Crippen LogP contribution >= 0.6 is 0 Å². The van der Waals surface area contributed by atoms with Crippen molar-refractivity contribution in [2.45, 2.75) is 26.3 Å². The van der Waals surface area contributed by atoms with Crippen LogP contribution in [-0.4, -0.2) is 29.7 Å². The molecule has 3 N–H and O–H groups in total. The first-order chi connectivity index (χ1) is 11.4. The van der Waals surface area contributed by atoms with Gasteiger partial charge >= 0.3 is 5.97 Å². The second kappa shape index (κ2) is 10.2. The first-order valence-corrected chi connectivity index (χ1v) is 7.70. The third kappa shape index (κ3) is 7.07. The Kier molecular flexibility index (Phi) is 8.22. The normalized spacial score (nSPS) is 11.0. The largest absolute Gasteiger partial charge is 0.481 e. The summed E-state index contributed by atoms with van der Waals surface area (Å²) < 4.78 is 4.90. The molecule has 0 aliphatic rings. The highest BCUT2D eigenvalue weighted by molar-refractivity contribution is 5.76. The molecule has 0 saturated heterocycles. The lowest BCUT2D eigenvalue weighted by atomic mass is 10.0. The molecule has 5 heteroatoms. The number of carbonyl (C=O) groups excluding carboxylic acids is 1. The Balaban J connectivity index is 0.000000648. The number of ether oxygens (including phenoxy) is 1. The molecule has 1 atom stereocenters. The first-order valence-electron chi connectivity index (χ1n) is 7.70. The molecule has 2 rings (SSSR count). The quantitative estimate of drug-likeness (QED) is 0.823. The molecule has 0 fully saturated rings. The predicted octanol–water partition coefficient (Wildman–Crippen LogP) is 2.88. The van der Waals surface area contributed by atoms with E-state index in [2.05, 4.69) is 12.1 Å². The van der Waals surface area contributed by atoms with Crippen LogP contribution in [0.15, 0.2) is 54.6 Å². The summed E-state index contributed by atoms with van der Waals surface area (Å²) in [6.45, 7) is 3.22. The zero-order valence-electron chi connectivity index (χ0n) is 13.9. The third-order valence-electron chi connectivity index (χ3n) is 3.11. The molecule has 128 valence electrons. The van der Waals surface area contributed by atoms with Crippen LogP contribution in [0.25, 0.3) is 11.1 Å². The Hall–Kier alpha value is -2.66. The Labute approximate surface area is 142 Å². The highest BCUT2D eigenvalue weighted by atomic mass is 16.5. The maximum atomic E-state index is 11.5. The summed E-state index contributed by atoms with van der Waals surface area (Å²) in [7, 11) is 0. The fraction of sp³-hybridized carbons (Fsp3) is 0.263. The van der Waals surface area contributed by atoms with Crippen LogP contribution in [0, 0.1) is 0 Å². The van der Waals surface area contributed by atoms with Crippen molar-refractivity contribution < 1.29 is 19.4 Å². The van der Waals surface area contributed by atoms with E-state index >= 15 is 0 Å². The third-order valence-corrected chi connectivity index (χ3v) is 3.11. The van der Waals surface area contributed by atoms with Crippen LogP contribution in [0.3, 0.4) is 0 Å². The smallest absolute Gasteiger partial charge is 0.323 e. The Morgan fingerprint density at radius 3 is 2.04 bits per heavy atom. The van der Waals surface area contributed by atoms with Crippen LogP contribution in [0.5, 0.6) is 0 Å². The summed E-state index contributed by atoms with van der Waals surface area (Å²) in [6.07, 6.45) is 0.494. The van der Waals surface area contributed by atoms with Gasteiger partial charge in [-0.25, -0.2) is 0 Å². The molecule has 24 heavy (non-hydrogen) atoms. The Bertz CT molecular complexity index is 634. The van der Waals surface area contributed by atoms with Gasteiger partial charge in [0.1, 0.15) is 6.04 Å². The molecule has 0 saturated carbocycles. The summed E-state index contributed by atoms with van der Waals surface area (Å²) >= 11 is 0. The molecule has 0 spiro atoms. The van der Waals surface area contributed by atoms with Gasteiger partial charge in [-0.1, -0.05) is 54.6 Å². The molecule has 2 aromatic rings. The summed E-state index contributed by atoms with van der Waals surface area (Å²) in [4.78, 5) is 20.5. The van der Waals surface area contributed by atoms with Gasteiger partial charge in [-0.05, 0) is 30.0 Å². The van der Waals surface area contributed by atoms with E-state index in [0.717, 1.165) is 18.1 Å². The van der Waals surface area contributed by atoms with E-state index in [1.165, 1.54) is 5.56 Å². The molecule has 5 nitrogen and oxygen atoms in total. The molecule has 0 aliphatic carbocycles. The average molecular weight is 329 g/mol. The lowest BCUT2D eigenvalue weighted by Gasteiger charge is -2.11. The minimum Gasteiger partial charge on any atom is -0.481 e. The fourth-order valence-electron chi connectivity index (χ4n) is 2.05. The minimum atomic E-state index is -0.833. The summed E-state index contributed by atoms with van der Waals surface area (Å²) in [6, 6.07) is 17.7. The number of aliphatic carboxylic acids is 1. The summed E-state index contributed by atoms with van der Waals surface area (Å²) in [5.74, 6) is -1.18. The molecule has 0 aromatic heterocycles. The van der Waals surface area contributed by atoms with Gasteiger partial charge in [-0.2, -0.15) is 0 Å². The highest BCUT2D eigenvalue weighted by Crippen LogP contribution is 2.19. The van der Waals surface area contributed by atoms with Gasteiger partial charge in [-0.3, -0.25) is 9.59 Å². The minimum absolute atomic E-state index is 0.348. The maximum Gasteiger partial charge on any atom is 0.323 e. The number of rotatable bonds is 5. The van der Waals surface area contributed by atoms with Crippen molar-refractivity contribution in [1.82, 2.24) is 0 Å². The van der Waals surface area contributed by atoms with E-state index in [-0.39, 0.29) is 5.97 Å². The van der Waals surface area contributed by atoms with Gasteiger partial charge < -0.3 is 15.6 Å². The van der Waals surface area contributed by atoms with Crippen molar-refractivity contribution in [3.63, 3.8) is 0 Å². The van der Waals surface area contributed by atoms with Gasteiger partial charge in [0.05, 0.1) is 6.61 Å². The Morgan fingerprint density at radius 2 is 1.54 bits per heavy atom. The number of benzene rings is 2. The van der Waals surface area contributed by atoms with E-state index in [1.54, 1.807) is 6.92 Å². The number of nitrogens with two attached hydrogens (primary N) is 1. The van der Waals surface area contributed by atoms with E-state index in [0.29, 0.717) is 13.0 Å². The van der Waals surface area contributed by atoms with Gasteiger partial charge in [0.2, 0.25) is 0 Å². The van der Waals surface area contributed by atoms with Crippen molar-refractivity contribution in [2.24, 2.45) is 5.73 Å². The van der Waals surface area contributed by atoms with Crippen LogP contribution < -0.4 is 5.73 Å². The maximum absolute atomic E-state index is 11.5. The average Bonchev–Trinajstić information content (AvgIpc) is 2.56. The van der Waals surface area contributed by atoms with E-state index in [4.69, 9.17) is 20.4 Å². The van der Waals surface area contributed by atoms with E-state index in [1.807, 2.05) is 42.5 Å². The SMILES string of the molecule is CC(=O)O.CCOC(=O)C(N)Cc1ccc(-c2ccccc2)cc1.